The summed E-state index contributed by atoms with van der Waals surface area (Å²) in [5.41, 5.74) is 4.85. The second-order valence-corrected chi connectivity index (χ2v) is 19.7. The van der Waals surface area contributed by atoms with Gasteiger partial charge in [0.25, 0.3) is 0 Å². The normalized spacial score (nSPS) is 14.2. The van der Waals surface area contributed by atoms with Crippen molar-refractivity contribution in [1.29, 1.82) is 0 Å². The zero-order valence-corrected chi connectivity index (χ0v) is 30.5. The van der Waals surface area contributed by atoms with Crippen LogP contribution in [0.2, 0.25) is 0 Å². The van der Waals surface area contributed by atoms with Crippen LogP contribution >= 0.6 is 23.5 Å². The molecular weight excluding hydrogens is 561 g/mol. The number of carboxylic acid groups (broad SMARTS) is 1. The zero-order chi connectivity index (χ0) is 32.5. The summed E-state index contributed by atoms with van der Waals surface area (Å²) in [6.07, 6.45) is -0.288. The Morgan fingerprint density at radius 2 is 1.10 bits per heavy atom. The highest BCUT2D eigenvalue weighted by Gasteiger charge is 2.31. The standard InChI is InChI=1S/C36H56O4S2/c1-23(21-39-22-30(37)38)40-31-28(34(8,9)10)19-27(20-29(31)35(11,12)13)42-36(14,15)41-26-17-24(32(2,3)4)16-25(18-26)33(5,6)7/h16-20,23H,21-22H2,1-15H3,(H,37,38). The number of benzene rings is 2. The Morgan fingerprint density at radius 3 is 1.45 bits per heavy atom. The molecule has 1 N–H and O–H groups in total. The van der Waals surface area contributed by atoms with Gasteiger partial charge in [-0.15, -0.1) is 23.5 Å². The second-order valence-electron chi connectivity index (χ2n) is 16.0. The van der Waals surface area contributed by atoms with Crippen molar-refractivity contribution in [2.45, 2.75) is 145 Å². The minimum absolute atomic E-state index is 0.0721. The van der Waals surface area contributed by atoms with Gasteiger partial charge in [-0.1, -0.05) is 89.2 Å². The Morgan fingerprint density at radius 1 is 0.690 bits per heavy atom. The van der Waals surface area contributed by atoms with E-state index in [0.29, 0.717) is 0 Å². The smallest absolute Gasteiger partial charge is 0.329 e. The number of carboxylic acids is 1. The Balaban J connectivity index is 2.54. The van der Waals surface area contributed by atoms with Crippen LogP contribution in [0, 0.1) is 0 Å². The van der Waals surface area contributed by atoms with Crippen molar-refractivity contribution >= 4 is 29.5 Å². The third-order valence-corrected chi connectivity index (χ3v) is 9.37. The van der Waals surface area contributed by atoms with E-state index in [2.05, 4.69) is 127 Å². The number of hydrogen-bond donors (Lipinski definition) is 1. The molecule has 0 spiro atoms. The van der Waals surface area contributed by atoms with Gasteiger partial charge in [0, 0.05) is 20.9 Å². The molecule has 0 radical (unpaired) electrons. The summed E-state index contributed by atoms with van der Waals surface area (Å²) in [4.78, 5) is 13.4. The predicted octanol–water partition coefficient (Wildman–Crippen LogP) is 10.4. The molecule has 0 aromatic heterocycles. The Labute approximate surface area is 265 Å². The van der Waals surface area contributed by atoms with Crippen LogP contribution in [-0.4, -0.2) is 34.5 Å². The topological polar surface area (TPSA) is 55.8 Å². The number of carbonyl (C=O) groups is 1. The summed E-state index contributed by atoms with van der Waals surface area (Å²) in [5, 5.41) is 8.96. The predicted molar refractivity (Wildman–Crippen MR) is 182 cm³/mol. The molecule has 4 nitrogen and oxygen atoms in total. The quantitative estimate of drug-likeness (QED) is 0.212. The molecule has 6 heteroatoms. The van der Waals surface area contributed by atoms with Gasteiger partial charge in [-0.25, -0.2) is 4.79 Å². The van der Waals surface area contributed by atoms with E-state index in [1.165, 1.54) is 20.9 Å². The fourth-order valence-corrected chi connectivity index (χ4v) is 7.17. The first-order valence-electron chi connectivity index (χ1n) is 15.0. The highest BCUT2D eigenvalue weighted by Crippen LogP contribution is 2.50. The maximum atomic E-state index is 10.9. The first kappa shape index (κ1) is 36.6. The average Bonchev–Trinajstić information content (AvgIpc) is 2.76. The van der Waals surface area contributed by atoms with Crippen LogP contribution in [0.4, 0.5) is 0 Å². The van der Waals surface area contributed by atoms with Gasteiger partial charge in [-0.2, -0.15) is 0 Å². The molecule has 2 aromatic carbocycles. The van der Waals surface area contributed by atoms with E-state index in [1.54, 1.807) is 0 Å². The van der Waals surface area contributed by atoms with Crippen molar-refractivity contribution < 1.29 is 19.4 Å². The molecule has 0 aliphatic heterocycles. The fraction of sp³-hybridized carbons (Fsp3) is 0.639. The van der Waals surface area contributed by atoms with Crippen LogP contribution in [0.25, 0.3) is 0 Å². The van der Waals surface area contributed by atoms with Gasteiger partial charge in [0.2, 0.25) is 0 Å². The lowest BCUT2D eigenvalue weighted by Gasteiger charge is -2.33. The summed E-state index contributed by atoms with van der Waals surface area (Å²) in [6, 6.07) is 11.7. The van der Waals surface area contributed by atoms with Gasteiger partial charge in [-0.3, -0.25) is 0 Å². The molecule has 0 amide bonds. The van der Waals surface area contributed by atoms with Crippen molar-refractivity contribution in [2.24, 2.45) is 0 Å². The molecule has 42 heavy (non-hydrogen) atoms. The van der Waals surface area contributed by atoms with Crippen molar-refractivity contribution in [1.82, 2.24) is 0 Å². The minimum atomic E-state index is -0.977. The van der Waals surface area contributed by atoms with E-state index in [1.807, 2.05) is 30.4 Å². The van der Waals surface area contributed by atoms with Crippen LogP contribution in [0.15, 0.2) is 40.1 Å². The molecule has 2 rings (SSSR count). The van der Waals surface area contributed by atoms with Crippen molar-refractivity contribution in [3.8, 4) is 5.75 Å². The van der Waals surface area contributed by atoms with E-state index in [4.69, 9.17) is 14.6 Å². The van der Waals surface area contributed by atoms with Gasteiger partial charge >= 0.3 is 5.97 Å². The van der Waals surface area contributed by atoms with Gasteiger partial charge in [0.05, 0.1) is 10.7 Å². The molecule has 0 aliphatic rings. The Hall–Kier alpha value is -1.63. The number of aliphatic carboxylic acids is 1. The van der Waals surface area contributed by atoms with E-state index in [0.717, 1.165) is 16.9 Å². The van der Waals surface area contributed by atoms with Gasteiger partial charge in [0.1, 0.15) is 18.5 Å². The highest BCUT2D eigenvalue weighted by atomic mass is 32.2. The highest BCUT2D eigenvalue weighted by molar-refractivity contribution is 8.18. The Bertz CT molecular complexity index is 1170. The monoisotopic (exact) mass is 616 g/mol. The third kappa shape index (κ3) is 10.8. The van der Waals surface area contributed by atoms with E-state index < -0.39 is 5.97 Å². The third-order valence-electron chi connectivity index (χ3n) is 6.94. The fourth-order valence-electron chi connectivity index (χ4n) is 4.56. The zero-order valence-electron chi connectivity index (χ0n) is 28.9. The lowest BCUT2D eigenvalue weighted by Crippen LogP contribution is -2.26. The SMILES string of the molecule is CC(COCC(=O)O)Oc1c(C(C)(C)C)cc(SC(C)(C)Sc2cc(C(C)(C)C)cc(C(C)(C)C)c2)cc1C(C)(C)C. The summed E-state index contributed by atoms with van der Waals surface area (Å²) >= 11 is 3.81. The molecule has 0 heterocycles. The molecule has 0 fully saturated rings. The number of hydrogen-bond acceptors (Lipinski definition) is 5. The lowest BCUT2D eigenvalue weighted by atomic mass is 9.79. The molecule has 236 valence electrons. The van der Waals surface area contributed by atoms with Crippen LogP contribution in [0.5, 0.6) is 5.75 Å². The van der Waals surface area contributed by atoms with Gasteiger partial charge in [-0.05, 0) is 77.8 Å². The first-order chi connectivity index (χ1) is 18.8. The number of rotatable bonds is 10. The molecule has 1 unspecified atom stereocenters. The summed E-state index contributed by atoms with van der Waals surface area (Å²) in [5.74, 6) is -0.0986. The van der Waals surface area contributed by atoms with E-state index in [-0.39, 0.29) is 45.1 Å². The number of ether oxygens (including phenoxy) is 2. The van der Waals surface area contributed by atoms with Gasteiger partial charge < -0.3 is 14.6 Å². The van der Waals surface area contributed by atoms with Crippen LogP contribution in [-0.2, 0) is 31.2 Å². The van der Waals surface area contributed by atoms with Crippen LogP contribution in [0.3, 0.4) is 0 Å². The molecule has 1 atom stereocenters. The van der Waals surface area contributed by atoms with Crippen LogP contribution in [0.1, 0.15) is 126 Å². The van der Waals surface area contributed by atoms with E-state index in [9.17, 15) is 4.79 Å². The molecule has 0 saturated carbocycles. The molecule has 0 aliphatic carbocycles. The molecular formula is C36H56O4S2. The molecule has 2 aromatic rings. The molecule has 0 bridgehead atoms. The number of thioether (sulfide) groups is 2. The average molecular weight is 617 g/mol. The maximum absolute atomic E-state index is 10.9. The minimum Gasteiger partial charge on any atom is -0.488 e. The van der Waals surface area contributed by atoms with Crippen molar-refractivity contribution in [2.75, 3.05) is 13.2 Å². The summed E-state index contributed by atoms with van der Waals surface area (Å²) in [7, 11) is 0. The largest absolute Gasteiger partial charge is 0.488 e. The van der Waals surface area contributed by atoms with Crippen molar-refractivity contribution in [3.63, 3.8) is 0 Å². The second kappa shape index (κ2) is 13.2. The molecule has 0 saturated heterocycles. The summed E-state index contributed by atoms with van der Waals surface area (Å²) < 4.78 is 11.8. The van der Waals surface area contributed by atoms with E-state index >= 15 is 0 Å². The Kier molecular flexibility index (Phi) is 11.5. The maximum Gasteiger partial charge on any atom is 0.329 e. The first-order valence-corrected chi connectivity index (χ1v) is 16.6. The lowest BCUT2D eigenvalue weighted by molar-refractivity contribution is -0.142. The van der Waals surface area contributed by atoms with Crippen molar-refractivity contribution in [3.05, 3.63) is 52.6 Å². The summed E-state index contributed by atoms with van der Waals surface area (Å²) in [6.45, 7) is 33.4. The van der Waals surface area contributed by atoms with Crippen LogP contribution < -0.4 is 4.74 Å². The van der Waals surface area contributed by atoms with Gasteiger partial charge in [0.15, 0.2) is 0 Å².